The van der Waals surface area contributed by atoms with Crippen LogP contribution in [0.5, 0.6) is 11.6 Å². The molecule has 20 heavy (non-hydrogen) atoms. The quantitative estimate of drug-likeness (QED) is 0.874. The summed E-state index contributed by atoms with van der Waals surface area (Å²) in [6.45, 7) is 6.05. The van der Waals surface area contributed by atoms with Crippen LogP contribution in [0.25, 0.3) is 0 Å². The molecule has 3 nitrogen and oxygen atoms in total. The van der Waals surface area contributed by atoms with Gasteiger partial charge in [0.15, 0.2) is 0 Å². The van der Waals surface area contributed by atoms with Gasteiger partial charge in [-0.15, -0.1) is 0 Å². The number of aliphatic hydroxyl groups is 1. The van der Waals surface area contributed by atoms with E-state index in [9.17, 15) is 5.11 Å². The second-order valence-electron chi connectivity index (χ2n) is 5.02. The van der Waals surface area contributed by atoms with Crippen molar-refractivity contribution in [2.75, 3.05) is 0 Å². The Labute approximate surface area is 120 Å². The van der Waals surface area contributed by atoms with Gasteiger partial charge in [-0.25, -0.2) is 4.98 Å². The summed E-state index contributed by atoms with van der Waals surface area (Å²) in [6.07, 6.45) is 2.12. The lowest BCUT2D eigenvalue weighted by Gasteiger charge is -2.17. The maximum atomic E-state index is 9.79. The maximum absolute atomic E-state index is 9.79. The second-order valence-corrected chi connectivity index (χ2v) is 5.02. The number of benzene rings is 1. The smallest absolute Gasteiger partial charge is 0.225 e. The van der Waals surface area contributed by atoms with Gasteiger partial charge in [0, 0.05) is 11.8 Å². The Balaban J connectivity index is 2.36. The summed E-state index contributed by atoms with van der Waals surface area (Å²) < 4.78 is 5.95. The molecule has 0 saturated carbocycles. The van der Waals surface area contributed by atoms with Gasteiger partial charge in [0.25, 0.3) is 0 Å². The Hall–Kier alpha value is -1.87. The topological polar surface area (TPSA) is 42.4 Å². The molecule has 0 radical (unpaired) electrons. The van der Waals surface area contributed by atoms with Crippen LogP contribution in [-0.2, 0) is 0 Å². The molecule has 0 fully saturated rings. The van der Waals surface area contributed by atoms with Crippen LogP contribution >= 0.6 is 0 Å². The van der Waals surface area contributed by atoms with Crippen molar-refractivity contribution >= 4 is 0 Å². The van der Waals surface area contributed by atoms with E-state index in [4.69, 9.17) is 4.74 Å². The lowest BCUT2D eigenvalue weighted by Crippen LogP contribution is -2.01. The zero-order valence-corrected chi connectivity index (χ0v) is 12.2. The van der Waals surface area contributed by atoms with Gasteiger partial charge >= 0.3 is 0 Å². The first-order valence-corrected chi connectivity index (χ1v) is 7.03. The zero-order chi connectivity index (χ0) is 14.5. The molecule has 0 aliphatic heterocycles. The molecule has 0 aliphatic carbocycles. The van der Waals surface area contributed by atoms with Gasteiger partial charge in [0.1, 0.15) is 5.75 Å². The molecule has 2 atom stereocenters. The van der Waals surface area contributed by atoms with Crippen molar-refractivity contribution in [2.45, 2.75) is 39.2 Å². The van der Waals surface area contributed by atoms with Crippen LogP contribution in [0.15, 0.2) is 42.6 Å². The third-order valence-electron chi connectivity index (χ3n) is 3.52. The number of para-hydroxylation sites is 1. The van der Waals surface area contributed by atoms with Gasteiger partial charge in [-0.2, -0.15) is 0 Å². The first-order valence-electron chi connectivity index (χ1n) is 7.03. The highest BCUT2D eigenvalue weighted by Crippen LogP contribution is 2.33. The van der Waals surface area contributed by atoms with E-state index in [1.54, 1.807) is 19.2 Å². The minimum absolute atomic E-state index is 0.421. The van der Waals surface area contributed by atoms with Crippen molar-refractivity contribution in [2.24, 2.45) is 0 Å². The van der Waals surface area contributed by atoms with Crippen LogP contribution < -0.4 is 4.74 Å². The standard InChI is InChI=1S/C17H21NO2/c1-4-12(2)14-8-5-6-10-16(14)20-17-15(13(3)19)9-7-11-18-17/h5-13,19H,4H2,1-3H3. The lowest BCUT2D eigenvalue weighted by molar-refractivity contribution is 0.194. The van der Waals surface area contributed by atoms with Gasteiger partial charge < -0.3 is 9.84 Å². The van der Waals surface area contributed by atoms with Crippen molar-refractivity contribution in [3.05, 3.63) is 53.7 Å². The number of hydrogen-bond acceptors (Lipinski definition) is 3. The third-order valence-corrected chi connectivity index (χ3v) is 3.52. The highest BCUT2D eigenvalue weighted by Gasteiger charge is 2.14. The molecular weight excluding hydrogens is 250 g/mol. The van der Waals surface area contributed by atoms with Crippen molar-refractivity contribution in [3.63, 3.8) is 0 Å². The van der Waals surface area contributed by atoms with Crippen molar-refractivity contribution in [1.82, 2.24) is 4.98 Å². The Kier molecular flexibility index (Phi) is 4.74. The molecule has 1 aromatic carbocycles. The minimum atomic E-state index is -0.602. The van der Waals surface area contributed by atoms with E-state index in [0.717, 1.165) is 17.7 Å². The molecule has 1 heterocycles. The predicted molar refractivity (Wildman–Crippen MR) is 80.1 cm³/mol. The van der Waals surface area contributed by atoms with E-state index in [-0.39, 0.29) is 0 Å². The van der Waals surface area contributed by atoms with Gasteiger partial charge in [-0.1, -0.05) is 32.0 Å². The molecule has 0 spiro atoms. The third kappa shape index (κ3) is 3.17. The minimum Gasteiger partial charge on any atom is -0.438 e. The molecule has 2 unspecified atom stereocenters. The monoisotopic (exact) mass is 271 g/mol. The average molecular weight is 271 g/mol. The molecule has 106 valence electrons. The Bertz CT molecular complexity index is 566. The summed E-state index contributed by atoms with van der Waals surface area (Å²) >= 11 is 0. The Morgan fingerprint density at radius 3 is 2.50 bits per heavy atom. The summed E-state index contributed by atoms with van der Waals surface area (Å²) in [5.74, 6) is 1.70. The number of rotatable bonds is 5. The number of ether oxygens (including phenoxy) is 1. The molecule has 0 aliphatic rings. The average Bonchev–Trinajstić information content (AvgIpc) is 2.47. The molecule has 1 N–H and O–H groups in total. The number of aliphatic hydroxyl groups excluding tert-OH is 1. The molecule has 3 heteroatoms. The van der Waals surface area contributed by atoms with Crippen LogP contribution in [0.1, 0.15) is 50.3 Å². The normalized spacial score (nSPS) is 13.8. The summed E-state index contributed by atoms with van der Waals surface area (Å²) in [7, 11) is 0. The highest BCUT2D eigenvalue weighted by molar-refractivity contribution is 5.40. The number of aromatic nitrogens is 1. The molecule has 2 aromatic rings. The predicted octanol–water partition coefficient (Wildman–Crippen LogP) is 4.44. The van der Waals surface area contributed by atoms with E-state index < -0.39 is 6.10 Å². The van der Waals surface area contributed by atoms with Gasteiger partial charge in [0.2, 0.25) is 5.88 Å². The lowest BCUT2D eigenvalue weighted by atomic mass is 9.98. The van der Waals surface area contributed by atoms with Crippen LogP contribution in [0.4, 0.5) is 0 Å². The van der Waals surface area contributed by atoms with Gasteiger partial charge in [0.05, 0.1) is 6.10 Å². The van der Waals surface area contributed by atoms with Crippen LogP contribution in [0, 0.1) is 0 Å². The van der Waals surface area contributed by atoms with Crippen LogP contribution in [0.2, 0.25) is 0 Å². The zero-order valence-electron chi connectivity index (χ0n) is 12.2. The fraction of sp³-hybridized carbons (Fsp3) is 0.353. The fourth-order valence-electron chi connectivity index (χ4n) is 2.11. The summed E-state index contributed by atoms with van der Waals surface area (Å²) in [6, 6.07) is 11.6. The highest BCUT2D eigenvalue weighted by atomic mass is 16.5. The molecule has 0 saturated heterocycles. The summed E-state index contributed by atoms with van der Waals surface area (Å²) in [5.41, 5.74) is 1.86. The Morgan fingerprint density at radius 1 is 1.10 bits per heavy atom. The first-order chi connectivity index (χ1) is 9.63. The summed E-state index contributed by atoms with van der Waals surface area (Å²) in [5, 5.41) is 9.79. The molecular formula is C17H21NO2. The van der Waals surface area contributed by atoms with E-state index in [1.165, 1.54) is 0 Å². The summed E-state index contributed by atoms with van der Waals surface area (Å²) in [4.78, 5) is 4.24. The van der Waals surface area contributed by atoms with E-state index in [1.807, 2.05) is 24.3 Å². The van der Waals surface area contributed by atoms with Crippen molar-refractivity contribution < 1.29 is 9.84 Å². The van der Waals surface area contributed by atoms with Gasteiger partial charge in [-0.3, -0.25) is 0 Å². The fourth-order valence-corrected chi connectivity index (χ4v) is 2.11. The second kappa shape index (κ2) is 6.53. The molecule has 1 aromatic heterocycles. The molecule has 2 rings (SSSR count). The number of nitrogens with zero attached hydrogens (tertiary/aromatic N) is 1. The maximum Gasteiger partial charge on any atom is 0.225 e. The van der Waals surface area contributed by atoms with Gasteiger partial charge in [-0.05, 0) is 43.0 Å². The van der Waals surface area contributed by atoms with E-state index >= 15 is 0 Å². The van der Waals surface area contributed by atoms with E-state index in [0.29, 0.717) is 17.4 Å². The first kappa shape index (κ1) is 14.5. The van der Waals surface area contributed by atoms with Crippen LogP contribution in [0.3, 0.4) is 0 Å². The number of pyridine rings is 1. The van der Waals surface area contributed by atoms with Crippen molar-refractivity contribution in [1.29, 1.82) is 0 Å². The Morgan fingerprint density at radius 2 is 1.80 bits per heavy atom. The van der Waals surface area contributed by atoms with Crippen molar-refractivity contribution in [3.8, 4) is 11.6 Å². The number of hydrogen-bond donors (Lipinski definition) is 1. The molecule has 0 bridgehead atoms. The SMILES string of the molecule is CCC(C)c1ccccc1Oc1ncccc1C(C)O. The van der Waals surface area contributed by atoms with Crippen LogP contribution in [-0.4, -0.2) is 10.1 Å². The van der Waals surface area contributed by atoms with E-state index in [2.05, 4.69) is 24.9 Å². The largest absolute Gasteiger partial charge is 0.438 e. The molecule has 0 amide bonds.